The average molecular weight is 575 g/mol. The van der Waals surface area contributed by atoms with Crippen molar-refractivity contribution in [3.05, 3.63) is 39.9 Å². The van der Waals surface area contributed by atoms with Crippen LogP contribution in [0.1, 0.15) is 105 Å². The number of rotatable bonds is 7. The molecule has 3 fully saturated rings. The van der Waals surface area contributed by atoms with Gasteiger partial charge in [-0.15, -0.1) is 0 Å². The highest BCUT2D eigenvalue weighted by molar-refractivity contribution is 6.42. The maximum Gasteiger partial charge on any atom is 0.411 e. The zero-order valence-electron chi connectivity index (χ0n) is 24.7. The van der Waals surface area contributed by atoms with Gasteiger partial charge in [0.1, 0.15) is 6.10 Å². The molecular weight excluding hydrogens is 525 g/mol. The van der Waals surface area contributed by atoms with Crippen molar-refractivity contribution < 1.29 is 9.53 Å². The molecule has 8 atom stereocenters. The third-order valence-corrected chi connectivity index (χ3v) is 12.4. The van der Waals surface area contributed by atoms with Crippen LogP contribution in [-0.4, -0.2) is 12.2 Å². The lowest BCUT2D eigenvalue weighted by Crippen LogP contribution is -2.51. The van der Waals surface area contributed by atoms with Crippen molar-refractivity contribution in [2.24, 2.45) is 46.3 Å². The Bertz CT molecular complexity index is 1080. The molecule has 39 heavy (non-hydrogen) atoms. The third kappa shape index (κ3) is 5.78. The molecule has 1 amide bonds. The number of ether oxygens (including phenoxy) is 1. The van der Waals surface area contributed by atoms with E-state index in [0.717, 1.165) is 54.8 Å². The van der Waals surface area contributed by atoms with Crippen LogP contribution in [0.4, 0.5) is 10.5 Å². The second-order valence-corrected chi connectivity index (χ2v) is 15.1. The van der Waals surface area contributed by atoms with Crippen LogP contribution in [0.15, 0.2) is 29.8 Å². The van der Waals surface area contributed by atoms with Gasteiger partial charge >= 0.3 is 6.09 Å². The quantitative estimate of drug-likeness (QED) is 0.329. The molecule has 5 rings (SSSR count). The number of hydrogen-bond acceptors (Lipinski definition) is 2. The van der Waals surface area contributed by atoms with E-state index in [2.05, 4.69) is 46.0 Å². The van der Waals surface area contributed by atoms with Crippen molar-refractivity contribution >= 4 is 35.0 Å². The molecule has 216 valence electrons. The fraction of sp³-hybridized carbons (Fsp3) is 0.735. The summed E-state index contributed by atoms with van der Waals surface area (Å²) in [7, 11) is 0. The van der Waals surface area contributed by atoms with Crippen LogP contribution in [0.3, 0.4) is 0 Å². The molecular formula is C34H49Cl2NO2. The minimum atomic E-state index is -0.413. The summed E-state index contributed by atoms with van der Waals surface area (Å²) in [6.45, 7) is 12.5. The van der Waals surface area contributed by atoms with E-state index in [4.69, 9.17) is 27.9 Å². The summed E-state index contributed by atoms with van der Waals surface area (Å²) in [4.78, 5) is 12.7. The number of nitrogens with one attached hydrogen (secondary N) is 1. The highest BCUT2D eigenvalue weighted by Crippen LogP contribution is 2.67. The molecule has 3 nitrogen and oxygen atoms in total. The average Bonchev–Trinajstić information content (AvgIpc) is 3.23. The highest BCUT2D eigenvalue weighted by Gasteiger charge is 2.59. The molecule has 1 N–H and O–H groups in total. The first-order chi connectivity index (χ1) is 18.5. The van der Waals surface area contributed by atoms with Gasteiger partial charge in [0, 0.05) is 12.1 Å². The molecule has 0 saturated heterocycles. The number of amides is 1. The molecule has 3 saturated carbocycles. The molecule has 5 heteroatoms. The van der Waals surface area contributed by atoms with E-state index >= 15 is 0 Å². The Morgan fingerprint density at radius 1 is 1.03 bits per heavy atom. The molecule has 0 bridgehead atoms. The van der Waals surface area contributed by atoms with Crippen molar-refractivity contribution in [3.63, 3.8) is 0 Å². The van der Waals surface area contributed by atoms with Gasteiger partial charge in [0.15, 0.2) is 0 Å². The number of fused-ring (bicyclic) bond motifs is 5. The maximum absolute atomic E-state index is 12.7. The van der Waals surface area contributed by atoms with Gasteiger partial charge in [-0.2, -0.15) is 0 Å². The number of allylic oxidation sites excluding steroid dienone is 1. The van der Waals surface area contributed by atoms with Gasteiger partial charge in [0.2, 0.25) is 0 Å². The fourth-order valence-electron chi connectivity index (χ4n) is 9.63. The molecule has 1 aromatic rings. The van der Waals surface area contributed by atoms with E-state index in [1.54, 1.807) is 23.8 Å². The van der Waals surface area contributed by atoms with Crippen LogP contribution in [0.25, 0.3) is 0 Å². The number of carbonyl (C=O) groups excluding carboxylic acids is 1. The van der Waals surface area contributed by atoms with Crippen LogP contribution in [0.2, 0.25) is 10.0 Å². The minimum Gasteiger partial charge on any atom is -0.446 e. The Balaban J connectivity index is 1.21. The smallest absolute Gasteiger partial charge is 0.411 e. The molecule has 0 radical (unpaired) electrons. The van der Waals surface area contributed by atoms with E-state index in [0.29, 0.717) is 21.1 Å². The zero-order chi connectivity index (χ0) is 27.9. The predicted octanol–water partition coefficient (Wildman–Crippen LogP) is 11.0. The molecule has 4 aliphatic rings. The van der Waals surface area contributed by atoms with E-state index < -0.39 is 6.09 Å². The van der Waals surface area contributed by atoms with E-state index in [-0.39, 0.29) is 11.5 Å². The number of halogens is 2. The van der Waals surface area contributed by atoms with Crippen LogP contribution in [0, 0.1) is 46.3 Å². The molecule has 0 aliphatic heterocycles. The third-order valence-electron chi connectivity index (χ3n) is 11.7. The van der Waals surface area contributed by atoms with Crippen molar-refractivity contribution in [2.45, 2.75) is 111 Å². The maximum atomic E-state index is 12.7. The van der Waals surface area contributed by atoms with Crippen LogP contribution < -0.4 is 5.32 Å². The van der Waals surface area contributed by atoms with Gasteiger partial charge < -0.3 is 4.74 Å². The first-order valence-corrected chi connectivity index (χ1v) is 16.4. The summed E-state index contributed by atoms with van der Waals surface area (Å²) in [6.07, 6.45) is 16.0. The molecule has 0 aromatic heterocycles. The van der Waals surface area contributed by atoms with Crippen molar-refractivity contribution in [3.8, 4) is 0 Å². The molecule has 0 spiro atoms. The monoisotopic (exact) mass is 573 g/mol. The normalized spacial score (nSPS) is 36.4. The lowest BCUT2D eigenvalue weighted by atomic mass is 9.47. The SMILES string of the molecule is CC(C)CCC[C@@H](C)[C@@H]1CC[C@@H]2[C@H]3CC=C4C[C@@H](OC(=O)Nc5ccc(Cl)c(Cl)c5)CC[C@]4(C)[C@@H]3CC[C@@]21C. The fourth-order valence-corrected chi connectivity index (χ4v) is 9.92. The zero-order valence-corrected chi connectivity index (χ0v) is 26.2. The number of hydrogen-bond donors (Lipinski definition) is 1. The summed E-state index contributed by atoms with van der Waals surface area (Å²) in [5, 5.41) is 3.71. The van der Waals surface area contributed by atoms with Crippen molar-refractivity contribution in [2.75, 3.05) is 5.32 Å². The summed E-state index contributed by atoms with van der Waals surface area (Å²) < 4.78 is 5.90. The molecule has 0 unspecified atom stereocenters. The summed E-state index contributed by atoms with van der Waals surface area (Å²) in [5.41, 5.74) is 2.92. The Kier molecular flexibility index (Phi) is 8.71. The van der Waals surface area contributed by atoms with E-state index in [9.17, 15) is 4.79 Å². The van der Waals surface area contributed by atoms with Gasteiger partial charge in [0.25, 0.3) is 0 Å². The van der Waals surface area contributed by atoms with Gasteiger partial charge in [-0.25, -0.2) is 4.79 Å². The largest absolute Gasteiger partial charge is 0.446 e. The number of carbonyl (C=O) groups is 1. The standard InChI is InChI=1S/C34H49Cl2NO2/c1-21(2)7-6-8-22(3)27-12-13-28-26-11-9-23-19-25(15-17-33(23,4)29(26)16-18-34(27,28)5)39-32(38)37-24-10-14-30(35)31(36)20-24/h9-10,14,20-22,25-29H,6-8,11-13,15-19H2,1-5H3,(H,37,38)/t22-,25+,26-,27+,28-,29-,33+,34-/m1/s1. The van der Waals surface area contributed by atoms with Crippen LogP contribution in [0.5, 0.6) is 0 Å². The second-order valence-electron chi connectivity index (χ2n) is 14.3. The van der Waals surface area contributed by atoms with Gasteiger partial charge in [-0.05, 0) is 109 Å². The van der Waals surface area contributed by atoms with Crippen LogP contribution in [-0.2, 0) is 4.74 Å². The van der Waals surface area contributed by atoms with E-state index in [1.165, 1.54) is 51.4 Å². The molecule has 4 aliphatic carbocycles. The van der Waals surface area contributed by atoms with E-state index in [1.807, 2.05) is 0 Å². The first kappa shape index (κ1) is 29.3. The topological polar surface area (TPSA) is 38.3 Å². The summed E-state index contributed by atoms with van der Waals surface area (Å²) in [5.74, 6) is 5.03. The molecule has 0 heterocycles. The number of benzene rings is 1. The Morgan fingerprint density at radius 2 is 1.82 bits per heavy atom. The Morgan fingerprint density at radius 3 is 2.56 bits per heavy atom. The van der Waals surface area contributed by atoms with Gasteiger partial charge in [0.05, 0.1) is 10.0 Å². The lowest BCUT2D eigenvalue weighted by molar-refractivity contribution is -0.0577. The van der Waals surface area contributed by atoms with Gasteiger partial charge in [-0.3, -0.25) is 5.32 Å². The van der Waals surface area contributed by atoms with Gasteiger partial charge in [-0.1, -0.05) is 88.7 Å². The number of anilines is 1. The highest BCUT2D eigenvalue weighted by atomic mass is 35.5. The summed E-state index contributed by atoms with van der Waals surface area (Å²) in [6, 6.07) is 5.09. The molecule has 1 aromatic carbocycles. The minimum absolute atomic E-state index is 0.0694. The Labute approximate surface area is 246 Å². The van der Waals surface area contributed by atoms with Crippen molar-refractivity contribution in [1.29, 1.82) is 0 Å². The lowest BCUT2D eigenvalue weighted by Gasteiger charge is -2.58. The predicted molar refractivity (Wildman–Crippen MR) is 163 cm³/mol. The summed E-state index contributed by atoms with van der Waals surface area (Å²) >= 11 is 12.1. The van der Waals surface area contributed by atoms with Crippen molar-refractivity contribution in [1.82, 2.24) is 0 Å². The first-order valence-electron chi connectivity index (χ1n) is 15.6. The second kappa shape index (κ2) is 11.6. The van der Waals surface area contributed by atoms with Crippen LogP contribution >= 0.6 is 23.2 Å². The Hall–Kier alpha value is -1.19.